The number of halogens is 7. The molecule has 3 aromatic rings. The van der Waals surface area contributed by atoms with Crippen molar-refractivity contribution < 1.29 is 59.7 Å². The van der Waals surface area contributed by atoms with Gasteiger partial charge in [-0.05, 0) is 56.4 Å². The Hall–Kier alpha value is -4.45. The number of ether oxygens (including phenoxy) is 2. The zero-order valence-electron chi connectivity index (χ0n) is 29.1. The van der Waals surface area contributed by atoms with Gasteiger partial charge in [0.2, 0.25) is 5.60 Å². The molecule has 2 amide bonds. The minimum absolute atomic E-state index is 0.0155. The van der Waals surface area contributed by atoms with E-state index in [2.05, 4.69) is 4.98 Å². The van der Waals surface area contributed by atoms with E-state index in [1.807, 2.05) is 0 Å². The number of carboxylic acids is 1. The van der Waals surface area contributed by atoms with Gasteiger partial charge in [-0.25, -0.2) is 4.39 Å². The molecule has 0 radical (unpaired) electrons. The minimum atomic E-state index is -4.91. The number of aromatic nitrogens is 1. The molecule has 0 saturated carbocycles. The van der Waals surface area contributed by atoms with Gasteiger partial charge in [0, 0.05) is 67.4 Å². The normalized spacial score (nSPS) is 20.4. The highest BCUT2D eigenvalue weighted by Gasteiger charge is 2.56. The number of aliphatic carboxylic acids is 1. The number of benzene rings is 1. The lowest BCUT2D eigenvalue weighted by Crippen LogP contribution is -2.69. The third-order valence-electron chi connectivity index (χ3n) is 9.77. The van der Waals surface area contributed by atoms with E-state index in [-0.39, 0.29) is 82.7 Å². The van der Waals surface area contributed by atoms with Crippen LogP contribution in [0.4, 0.5) is 30.7 Å². The van der Waals surface area contributed by atoms with Gasteiger partial charge in [0.05, 0.1) is 23.8 Å². The standard InChI is InChI=1S/C36H39F7N4O6S/c1-2-5-28-34(53-23-19-29(54-21-23)36(41,42)43,10-4-14-47(28)31(50)24-20-45-13-9-25(24)35(38,39)40)32(51)46-15-11-33(44,12-16-46)26-18-22(37)7-8-27(26)52-17-3-6-30(48)49/h7-9,13,18-21,28H,2-6,10-12,14-17,44H2,1H3,(H,48,49)/t28-,34+/m1/s1. The average Bonchev–Trinajstić information content (AvgIpc) is 3.60. The molecule has 294 valence electrons. The molecule has 18 heteroatoms. The third kappa shape index (κ3) is 8.74. The van der Waals surface area contributed by atoms with Crippen molar-refractivity contribution in [3.8, 4) is 11.5 Å². The molecule has 0 spiro atoms. The summed E-state index contributed by atoms with van der Waals surface area (Å²) in [7, 11) is 0. The smallest absolute Gasteiger partial charge is 0.425 e. The Morgan fingerprint density at radius 3 is 2.39 bits per heavy atom. The minimum Gasteiger partial charge on any atom is -0.493 e. The average molecular weight is 789 g/mol. The molecule has 2 aromatic heterocycles. The van der Waals surface area contributed by atoms with Crippen molar-refractivity contribution >= 4 is 29.1 Å². The molecule has 2 saturated heterocycles. The van der Waals surface area contributed by atoms with Gasteiger partial charge in [-0.2, -0.15) is 26.3 Å². The molecule has 4 heterocycles. The summed E-state index contributed by atoms with van der Waals surface area (Å²) < 4.78 is 110. The van der Waals surface area contributed by atoms with Crippen molar-refractivity contribution in [1.29, 1.82) is 0 Å². The monoisotopic (exact) mass is 788 g/mol. The first-order valence-electron chi connectivity index (χ1n) is 17.3. The van der Waals surface area contributed by atoms with Gasteiger partial charge >= 0.3 is 18.3 Å². The van der Waals surface area contributed by atoms with Crippen molar-refractivity contribution in [3.63, 3.8) is 0 Å². The molecule has 2 aliphatic rings. The first-order valence-corrected chi connectivity index (χ1v) is 18.2. The second-order valence-electron chi connectivity index (χ2n) is 13.4. The van der Waals surface area contributed by atoms with Gasteiger partial charge in [-0.1, -0.05) is 13.3 Å². The highest BCUT2D eigenvalue weighted by Crippen LogP contribution is 2.44. The number of hydrogen-bond acceptors (Lipinski definition) is 8. The quantitative estimate of drug-likeness (QED) is 0.145. The largest absolute Gasteiger partial charge is 0.493 e. The summed E-state index contributed by atoms with van der Waals surface area (Å²) >= 11 is 0.346. The van der Waals surface area contributed by atoms with E-state index in [0.717, 1.165) is 28.7 Å². The highest BCUT2D eigenvalue weighted by atomic mass is 32.1. The molecule has 0 unspecified atom stereocenters. The highest BCUT2D eigenvalue weighted by molar-refractivity contribution is 7.10. The molecule has 0 bridgehead atoms. The lowest BCUT2D eigenvalue weighted by molar-refractivity contribution is -0.161. The summed E-state index contributed by atoms with van der Waals surface area (Å²) in [6.07, 6.45) is -7.41. The van der Waals surface area contributed by atoms with Gasteiger partial charge in [-0.3, -0.25) is 19.4 Å². The van der Waals surface area contributed by atoms with Crippen LogP contribution in [0.2, 0.25) is 0 Å². The fourth-order valence-corrected chi connectivity index (χ4v) is 7.85. The number of hydrogen-bond donors (Lipinski definition) is 2. The molecule has 10 nitrogen and oxygen atoms in total. The van der Waals surface area contributed by atoms with E-state index in [0.29, 0.717) is 29.4 Å². The number of carbonyl (C=O) groups is 3. The summed E-state index contributed by atoms with van der Waals surface area (Å²) in [6, 6.07) is 3.97. The van der Waals surface area contributed by atoms with Crippen LogP contribution in [0.3, 0.4) is 0 Å². The van der Waals surface area contributed by atoms with Gasteiger partial charge < -0.3 is 30.1 Å². The number of likely N-dealkylation sites (tertiary alicyclic amines) is 2. The van der Waals surface area contributed by atoms with Gasteiger partial charge in [0.25, 0.3) is 11.8 Å². The number of alkyl halides is 6. The molecule has 5 rings (SSSR count). The van der Waals surface area contributed by atoms with E-state index >= 15 is 0 Å². The number of carboxylic acid groups (broad SMARTS) is 1. The summed E-state index contributed by atoms with van der Waals surface area (Å²) in [5, 5.41) is 10.0. The number of carbonyl (C=O) groups excluding carboxylic acids is 2. The van der Waals surface area contributed by atoms with Crippen molar-refractivity contribution in [3.05, 3.63) is 75.5 Å². The maximum atomic E-state index is 14.9. The Bertz CT molecular complexity index is 1830. The van der Waals surface area contributed by atoms with E-state index < -0.39 is 69.1 Å². The number of piperidine rings is 2. The van der Waals surface area contributed by atoms with E-state index in [4.69, 9.17) is 20.3 Å². The lowest BCUT2D eigenvalue weighted by Gasteiger charge is -2.51. The van der Waals surface area contributed by atoms with Crippen LogP contribution in [-0.4, -0.2) is 75.6 Å². The van der Waals surface area contributed by atoms with Crippen molar-refractivity contribution in [2.45, 2.75) is 87.8 Å². The molecule has 0 aliphatic carbocycles. The number of nitrogens with two attached hydrogens (primary N) is 1. The second-order valence-corrected chi connectivity index (χ2v) is 14.3. The van der Waals surface area contributed by atoms with Gasteiger partial charge in [0.15, 0.2) is 0 Å². The van der Waals surface area contributed by atoms with Crippen LogP contribution in [0.5, 0.6) is 11.5 Å². The predicted octanol–water partition coefficient (Wildman–Crippen LogP) is 7.26. The zero-order chi connectivity index (χ0) is 39.5. The zero-order valence-corrected chi connectivity index (χ0v) is 30.0. The molecular weight excluding hydrogens is 749 g/mol. The van der Waals surface area contributed by atoms with E-state index in [9.17, 15) is 45.1 Å². The van der Waals surface area contributed by atoms with Crippen LogP contribution in [-0.2, 0) is 27.5 Å². The van der Waals surface area contributed by atoms with Crippen LogP contribution in [0.15, 0.2) is 48.1 Å². The molecule has 2 fully saturated rings. The molecule has 54 heavy (non-hydrogen) atoms. The van der Waals surface area contributed by atoms with Crippen LogP contribution in [0.1, 0.15) is 84.7 Å². The number of nitrogens with zero attached hydrogens (tertiary/aromatic N) is 3. The Kier molecular flexibility index (Phi) is 12.1. The summed E-state index contributed by atoms with van der Waals surface area (Å²) in [5.41, 5.74) is 1.91. The fourth-order valence-electron chi connectivity index (χ4n) is 7.17. The van der Waals surface area contributed by atoms with Gasteiger partial charge in [0.1, 0.15) is 22.2 Å². The Labute approximate surface area is 310 Å². The maximum Gasteiger partial charge on any atom is 0.425 e. The molecule has 2 atom stereocenters. The topological polar surface area (TPSA) is 135 Å². The molecule has 3 N–H and O–H groups in total. The first-order chi connectivity index (χ1) is 25.4. The van der Waals surface area contributed by atoms with Crippen LogP contribution < -0.4 is 15.2 Å². The molecule has 1 aromatic carbocycles. The summed E-state index contributed by atoms with van der Waals surface area (Å²) in [4.78, 5) is 45.1. The predicted molar refractivity (Wildman–Crippen MR) is 181 cm³/mol. The number of rotatable bonds is 12. The number of amides is 2. The number of pyridine rings is 1. The summed E-state index contributed by atoms with van der Waals surface area (Å²) in [5.74, 6) is -3.42. The van der Waals surface area contributed by atoms with Crippen molar-refractivity contribution in [2.24, 2.45) is 5.73 Å². The van der Waals surface area contributed by atoms with E-state index in [1.165, 1.54) is 23.1 Å². The number of thiophene rings is 1. The van der Waals surface area contributed by atoms with Crippen molar-refractivity contribution in [1.82, 2.24) is 14.8 Å². The third-order valence-corrected chi connectivity index (χ3v) is 10.7. The van der Waals surface area contributed by atoms with Crippen LogP contribution >= 0.6 is 11.3 Å². The van der Waals surface area contributed by atoms with E-state index in [1.54, 1.807) is 6.92 Å². The van der Waals surface area contributed by atoms with Gasteiger partial charge in [-0.15, -0.1) is 11.3 Å². The SMILES string of the molecule is CCC[C@H]1N(C(=O)c2cnccc2C(F)(F)F)CCC[C@@]1(Oc1csc(C(F)(F)F)c1)C(=O)N1CCC(N)(c2cc(F)ccc2OCCCC(=O)O)CC1. The van der Waals surface area contributed by atoms with Crippen LogP contribution in [0, 0.1) is 5.82 Å². The Morgan fingerprint density at radius 2 is 1.76 bits per heavy atom. The van der Waals surface area contributed by atoms with Crippen molar-refractivity contribution in [2.75, 3.05) is 26.2 Å². The fraction of sp³-hybridized carbons (Fsp3) is 0.500. The maximum absolute atomic E-state index is 14.9. The Morgan fingerprint density at radius 1 is 1.04 bits per heavy atom. The van der Waals surface area contributed by atoms with Crippen LogP contribution in [0.25, 0.3) is 0 Å². The molecule has 2 aliphatic heterocycles. The summed E-state index contributed by atoms with van der Waals surface area (Å²) in [6.45, 7) is 1.60. The molecular formula is C36H39F7N4O6S. The lowest BCUT2D eigenvalue weighted by atomic mass is 9.77. The second kappa shape index (κ2) is 16.1. The Balaban J connectivity index is 1.49. The first kappa shape index (κ1) is 40.7.